The number of rotatable bonds is 8. The molecule has 4 aromatic carbocycles. The molecule has 2 aliphatic heterocycles. The Bertz CT molecular complexity index is 2680. The summed E-state index contributed by atoms with van der Waals surface area (Å²) in [5.41, 5.74) is -18.9. The van der Waals surface area contributed by atoms with Crippen LogP contribution in [0.25, 0.3) is 0 Å². The maximum absolute atomic E-state index is 14.5. The van der Waals surface area contributed by atoms with Crippen molar-refractivity contribution in [2.24, 2.45) is 0 Å². The van der Waals surface area contributed by atoms with Crippen molar-refractivity contribution in [2.45, 2.75) is 48.4 Å². The summed E-state index contributed by atoms with van der Waals surface area (Å²) in [5.74, 6) is -6.57. The minimum Gasteiger partial charge on any atom is -0.478 e. The summed E-state index contributed by atoms with van der Waals surface area (Å²) in [6.45, 7) is -0.143. The zero-order chi connectivity index (χ0) is 50.7. The molecular weight excluding hydrogens is 932 g/mol. The van der Waals surface area contributed by atoms with Gasteiger partial charge >= 0.3 is 30.7 Å². The Morgan fingerprint density at radius 2 is 0.940 bits per heavy atom. The molecule has 0 radical (unpaired) electrons. The van der Waals surface area contributed by atoms with Crippen molar-refractivity contribution in [3.05, 3.63) is 140 Å². The van der Waals surface area contributed by atoms with Crippen LogP contribution in [-0.4, -0.2) is 114 Å². The zero-order valence-corrected chi connectivity index (χ0v) is 34.4. The first-order chi connectivity index (χ1) is 30.8. The van der Waals surface area contributed by atoms with Crippen molar-refractivity contribution in [1.29, 1.82) is 0 Å². The Morgan fingerprint density at radius 1 is 0.537 bits per heavy atom. The van der Waals surface area contributed by atoms with Gasteiger partial charge in [0, 0.05) is 51.4 Å². The molecule has 0 aliphatic carbocycles. The molecule has 5 N–H and O–H groups in total. The fourth-order valence-corrected chi connectivity index (χ4v) is 7.89. The number of carboxylic acid groups (broad SMARTS) is 1. The molecular formula is C42H32F12N4O9. The van der Waals surface area contributed by atoms with Gasteiger partial charge in [0.1, 0.15) is 0 Å². The molecule has 4 aromatic rings. The van der Waals surface area contributed by atoms with Crippen LogP contribution in [0.1, 0.15) is 102 Å². The van der Waals surface area contributed by atoms with Crippen molar-refractivity contribution in [3.63, 3.8) is 0 Å². The number of nitrogens with zero attached hydrogens (tertiary/aromatic N) is 2. The van der Waals surface area contributed by atoms with Crippen LogP contribution in [0.15, 0.2) is 72.8 Å². The molecule has 0 spiro atoms. The second-order valence-electron chi connectivity index (χ2n) is 14.9. The van der Waals surface area contributed by atoms with Crippen LogP contribution >= 0.6 is 0 Å². The molecule has 67 heavy (non-hydrogen) atoms. The molecule has 0 fully saturated rings. The van der Waals surface area contributed by atoms with E-state index in [1.807, 2.05) is 10.6 Å². The van der Waals surface area contributed by atoms with Gasteiger partial charge in [-0.1, -0.05) is 36.4 Å². The van der Waals surface area contributed by atoms with E-state index in [0.717, 1.165) is 39.3 Å². The van der Waals surface area contributed by atoms with Gasteiger partial charge in [-0.2, -0.15) is 52.7 Å². The van der Waals surface area contributed by atoms with Crippen LogP contribution < -0.4 is 10.6 Å². The van der Waals surface area contributed by atoms with E-state index in [-0.39, 0.29) is 41.4 Å². The van der Waals surface area contributed by atoms with Gasteiger partial charge < -0.3 is 30.9 Å². The SMILES string of the molecule is CN1Cc2cc(C(c3ccc4c(c3)C(=O)N(C)C4=O)(C(F)(F)F)C(F)(F)F)ccc2C1=O.CNC(=O)c1cc(C(c2ccc(C(O)O)c(C(=O)NC)c2)(C(F)(F)F)C(F)(F)F)ccc1C(=O)O. The monoisotopic (exact) mass is 964 g/mol. The van der Waals surface area contributed by atoms with Gasteiger partial charge in [-0.25, -0.2) is 4.79 Å². The number of carbonyl (C=O) groups is 6. The number of imide groups is 1. The minimum atomic E-state index is -6.13. The Morgan fingerprint density at radius 3 is 1.40 bits per heavy atom. The smallest absolute Gasteiger partial charge is 0.411 e. The van der Waals surface area contributed by atoms with Gasteiger partial charge in [-0.15, -0.1) is 0 Å². The molecule has 6 rings (SSSR count). The molecule has 0 aromatic heterocycles. The third kappa shape index (κ3) is 8.18. The predicted octanol–water partition coefficient (Wildman–Crippen LogP) is 6.41. The Kier molecular flexibility index (Phi) is 13.2. The van der Waals surface area contributed by atoms with Gasteiger partial charge in [-0.3, -0.25) is 28.9 Å². The highest BCUT2D eigenvalue weighted by molar-refractivity contribution is 6.21. The molecule has 0 bridgehead atoms. The highest BCUT2D eigenvalue weighted by atomic mass is 19.4. The largest absolute Gasteiger partial charge is 0.478 e. The fourth-order valence-electron chi connectivity index (χ4n) is 7.89. The van der Waals surface area contributed by atoms with Gasteiger partial charge in [0.05, 0.1) is 22.3 Å². The molecule has 13 nitrogen and oxygen atoms in total. The molecule has 0 unspecified atom stereocenters. The van der Waals surface area contributed by atoms with Crippen LogP contribution in [0.2, 0.25) is 0 Å². The van der Waals surface area contributed by atoms with E-state index < -0.39 is 127 Å². The molecule has 25 heteroatoms. The van der Waals surface area contributed by atoms with E-state index in [0.29, 0.717) is 41.3 Å². The molecule has 2 aliphatic rings. The van der Waals surface area contributed by atoms with Gasteiger partial charge in [-0.05, 0) is 64.2 Å². The molecule has 0 saturated carbocycles. The van der Waals surface area contributed by atoms with Crippen molar-refractivity contribution in [3.8, 4) is 0 Å². The quantitative estimate of drug-likeness (QED) is 0.0755. The summed E-state index contributed by atoms with van der Waals surface area (Å²) in [6.07, 6.45) is -26.4. The molecule has 0 saturated heterocycles. The molecule has 358 valence electrons. The number of amides is 5. The highest BCUT2D eigenvalue weighted by Crippen LogP contribution is 2.58. The summed E-state index contributed by atoms with van der Waals surface area (Å²) in [7, 11) is 4.47. The zero-order valence-electron chi connectivity index (χ0n) is 34.4. The van der Waals surface area contributed by atoms with Gasteiger partial charge in [0.2, 0.25) is 10.8 Å². The lowest BCUT2D eigenvalue weighted by Gasteiger charge is -2.39. The highest BCUT2D eigenvalue weighted by Gasteiger charge is 2.74. The van der Waals surface area contributed by atoms with Gasteiger partial charge in [0.25, 0.3) is 29.5 Å². The number of aromatic carboxylic acids is 1. The summed E-state index contributed by atoms with van der Waals surface area (Å²) in [6, 6.07) is 6.04. The maximum atomic E-state index is 14.5. The number of carboxylic acids is 1. The van der Waals surface area contributed by atoms with E-state index in [1.165, 1.54) is 11.9 Å². The van der Waals surface area contributed by atoms with Crippen molar-refractivity contribution < 1.29 is 96.8 Å². The summed E-state index contributed by atoms with van der Waals surface area (Å²) >= 11 is 0. The third-order valence-corrected chi connectivity index (χ3v) is 11.1. The Labute approximate surface area is 368 Å². The number of aliphatic hydroxyl groups excluding tert-OH is 1. The Hall–Kier alpha value is -7.02. The minimum absolute atomic E-state index is 0.0193. The molecule has 0 atom stereocenters. The fraction of sp³-hybridized carbons (Fsp3) is 0.286. The first-order valence-corrected chi connectivity index (χ1v) is 18.7. The van der Waals surface area contributed by atoms with E-state index in [9.17, 15) is 96.8 Å². The summed E-state index contributed by atoms with van der Waals surface area (Å²) in [4.78, 5) is 73.8. The summed E-state index contributed by atoms with van der Waals surface area (Å²) < 4.78 is 173. The van der Waals surface area contributed by atoms with Crippen LogP contribution in [0.4, 0.5) is 52.7 Å². The van der Waals surface area contributed by atoms with Crippen LogP contribution in [0, 0.1) is 0 Å². The van der Waals surface area contributed by atoms with E-state index >= 15 is 0 Å². The number of nitrogens with one attached hydrogen (secondary N) is 2. The topological polar surface area (TPSA) is 194 Å². The van der Waals surface area contributed by atoms with Crippen molar-refractivity contribution in [1.82, 2.24) is 20.4 Å². The average molecular weight is 965 g/mol. The lowest BCUT2D eigenvalue weighted by Crippen LogP contribution is -2.55. The predicted molar refractivity (Wildman–Crippen MR) is 205 cm³/mol. The second-order valence-corrected chi connectivity index (χ2v) is 14.9. The van der Waals surface area contributed by atoms with Crippen LogP contribution in [0.5, 0.6) is 0 Å². The third-order valence-electron chi connectivity index (χ3n) is 11.1. The summed E-state index contributed by atoms with van der Waals surface area (Å²) in [5, 5.41) is 32.0. The number of halogens is 12. The lowest BCUT2D eigenvalue weighted by molar-refractivity contribution is -0.290. The van der Waals surface area contributed by atoms with Crippen molar-refractivity contribution in [2.75, 3.05) is 28.2 Å². The van der Waals surface area contributed by atoms with Crippen LogP contribution in [-0.2, 0) is 17.4 Å². The lowest BCUT2D eigenvalue weighted by atomic mass is 9.71. The van der Waals surface area contributed by atoms with E-state index in [1.54, 1.807) is 0 Å². The van der Waals surface area contributed by atoms with E-state index in [4.69, 9.17) is 0 Å². The number of aliphatic hydroxyl groups is 2. The first kappa shape index (κ1) is 51.0. The number of carbonyl (C=O) groups excluding carboxylic acids is 5. The standard InChI is InChI=1S/C21H18F6N2O6.C21H14F6N2O3/c1-28-15(30)13-7-9(3-5-11(13)17(32)33)19(20(22,23)24,21(25,26)27)10-4-6-12(18(34)35)14(8-10)16(31)29-2;1-28-9-10-7-11(3-5-13(10)16(28)30)19(20(22,23)24,21(25,26)27)12-4-6-14-15(8-12)18(32)29(2)17(14)31/h3-8,17,32-33H,1-2H3,(H,28,30)(H,29,31)(H,34,35);3-8H,9H2,1-2H3. The Balaban J connectivity index is 0.000000251. The maximum Gasteiger partial charge on any atom is 0.411 e. The van der Waals surface area contributed by atoms with E-state index in [2.05, 4.69) is 0 Å². The normalized spacial score (nSPS) is 14.5. The van der Waals surface area contributed by atoms with Crippen molar-refractivity contribution >= 4 is 35.5 Å². The van der Waals surface area contributed by atoms with Gasteiger partial charge in [0.15, 0.2) is 6.29 Å². The molecule has 5 amide bonds. The number of alkyl halides is 12. The number of benzene rings is 4. The van der Waals surface area contributed by atoms with Crippen LogP contribution in [0.3, 0.4) is 0 Å². The number of hydrogen-bond acceptors (Lipinski definition) is 8. The molecule has 2 heterocycles. The number of fused-ring (bicyclic) bond motifs is 2. The second kappa shape index (κ2) is 17.3. The average Bonchev–Trinajstić information content (AvgIpc) is 3.63. The first-order valence-electron chi connectivity index (χ1n) is 18.7. The number of hydrogen-bond donors (Lipinski definition) is 5.